The molecule has 6 nitrogen and oxygen atoms in total. The second kappa shape index (κ2) is 13.4. The summed E-state index contributed by atoms with van der Waals surface area (Å²) in [4.78, 5) is 12.7. The van der Waals surface area contributed by atoms with E-state index in [-0.39, 0.29) is 12.2 Å². The number of hydrogen-bond acceptors (Lipinski definition) is 5. The second-order valence-corrected chi connectivity index (χ2v) is 8.75. The fourth-order valence-electron chi connectivity index (χ4n) is 3.11. The highest BCUT2D eigenvalue weighted by molar-refractivity contribution is 9.10. The molecule has 0 aliphatic heterocycles. The predicted octanol–water partition coefficient (Wildman–Crippen LogP) is 7.19. The van der Waals surface area contributed by atoms with E-state index in [0.29, 0.717) is 46.7 Å². The third-order valence-corrected chi connectivity index (χ3v) is 5.59. The van der Waals surface area contributed by atoms with Crippen molar-refractivity contribution in [2.75, 3.05) is 18.5 Å². The fourth-order valence-corrected chi connectivity index (χ4v) is 3.65. The van der Waals surface area contributed by atoms with Gasteiger partial charge in [0.05, 0.1) is 11.6 Å². The van der Waals surface area contributed by atoms with Crippen LogP contribution in [-0.4, -0.2) is 19.1 Å². The minimum atomic E-state index is -0.554. The van der Waals surface area contributed by atoms with Crippen LogP contribution < -0.4 is 19.5 Å². The smallest absolute Gasteiger partial charge is 0.266 e. The number of hydrogen-bond donors (Lipinski definition) is 1. The number of amides is 1. The van der Waals surface area contributed by atoms with E-state index in [1.807, 2.05) is 37.3 Å². The highest BCUT2D eigenvalue weighted by Gasteiger charge is 2.14. The Bertz CT molecular complexity index is 1280. The van der Waals surface area contributed by atoms with Gasteiger partial charge in [-0.15, -0.1) is 0 Å². The van der Waals surface area contributed by atoms with Gasteiger partial charge >= 0.3 is 0 Å². The molecule has 0 radical (unpaired) electrons. The Kier molecular flexibility index (Phi) is 9.99. The molecular formula is C28H24BrClN2O4. The number of carbonyl (C=O) groups excluding carboxylic acids is 1. The van der Waals surface area contributed by atoms with Gasteiger partial charge in [-0.25, -0.2) is 0 Å². The first-order chi connectivity index (χ1) is 17.4. The summed E-state index contributed by atoms with van der Waals surface area (Å²) in [6.45, 7) is 6.53. The molecular weight excluding hydrogens is 544 g/mol. The van der Waals surface area contributed by atoms with Crippen molar-refractivity contribution in [2.45, 2.75) is 13.5 Å². The van der Waals surface area contributed by atoms with Gasteiger partial charge in [0.1, 0.15) is 30.6 Å². The summed E-state index contributed by atoms with van der Waals surface area (Å²) in [7, 11) is 0. The largest absolute Gasteiger partial charge is 0.490 e. The molecule has 0 heterocycles. The molecule has 0 fully saturated rings. The van der Waals surface area contributed by atoms with Crippen molar-refractivity contribution in [3.63, 3.8) is 0 Å². The molecule has 3 rings (SSSR count). The zero-order valence-electron chi connectivity index (χ0n) is 19.6. The van der Waals surface area contributed by atoms with Gasteiger partial charge in [0.15, 0.2) is 11.5 Å². The highest BCUT2D eigenvalue weighted by atomic mass is 79.9. The molecule has 184 valence electrons. The Balaban J connectivity index is 1.69. The first-order valence-electron chi connectivity index (χ1n) is 11.0. The highest BCUT2D eigenvalue weighted by Crippen LogP contribution is 2.37. The Morgan fingerprint density at radius 1 is 1.11 bits per heavy atom. The molecule has 1 amide bonds. The van der Waals surface area contributed by atoms with Gasteiger partial charge in [-0.1, -0.05) is 52.3 Å². The molecule has 0 unspecified atom stereocenters. The Morgan fingerprint density at radius 2 is 1.83 bits per heavy atom. The number of benzene rings is 3. The molecule has 36 heavy (non-hydrogen) atoms. The van der Waals surface area contributed by atoms with E-state index < -0.39 is 5.91 Å². The van der Waals surface area contributed by atoms with Crippen molar-refractivity contribution in [1.29, 1.82) is 5.26 Å². The van der Waals surface area contributed by atoms with Crippen LogP contribution in [0.3, 0.4) is 0 Å². The van der Waals surface area contributed by atoms with Gasteiger partial charge in [-0.3, -0.25) is 4.79 Å². The van der Waals surface area contributed by atoms with Crippen molar-refractivity contribution >= 4 is 45.2 Å². The maximum atomic E-state index is 12.7. The molecule has 3 aromatic carbocycles. The van der Waals surface area contributed by atoms with Gasteiger partial charge in [0.25, 0.3) is 5.91 Å². The first kappa shape index (κ1) is 26.9. The number of rotatable bonds is 11. The van der Waals surface area contributed by atoms with Gasteiger partial charge in [0.2, 0.25) is 0 Å². The topological polar surface area (TPSA) is 80.6 Å². The van der Waals surface area contributed by atoms with Crippen LogP contribution in [0.15, 0.2) is 83.4 Å². The summed E-state index contributed by atoms with van der Waals surface area (Å²) < 4.78 is 18.0. The third-order valence-electron chi connectivity index (χ3n) is 4.78. The average molecular weight is 568 g/mol. The third kappa shape index (κ3) is 7.64. The van der Waals surface area contributed by atoms with Crippen molar-refractivity contribution in [2.24, 2.45) is 0 Å². The molecule has 1 N–H and O–H groups in total. The monoisotopic (exact) mass is 566 g/mol. The van der Waals surface area contributed by atoms with Crippen LogP contribution in [0.4, 0.5) is 5.69 Å². The summed E-state index contributed by atoms with van der Waals surface area (Å²) in [6, 6.07) is 20.0. The molecule has 0 saturated carbocycles. The quantitative estimate of drug-likeness (QED) is 0.151. The molecule has 0 bridgehead atoms. The van der Waals surface area contributed by atoms with E-state index in [1.165, 1.54) is 6.08 Å². The maximum Gasteiger partial charge on any atom is 0.266 e. The molecule has 0 spiro atoms. The zero-order valence-corrected chi connectivity index (χ0v) is 21.9. The molecule has 3 aromatic rings. The first-order valence-corrected chi connectivity index (χ1v) is 12.2. The van der Waals surface area contributed by atoms with E-state index in [4.69, 9.17) is 25.8 Å². The van der Waals surface area contributed by atoms with Crippen LogP contribution in [0.2, 0.25) is 5.02 Å². The van der Waals surface area contributed by atoms with E-state index in [9.17, 15) is 10.1 Å². The van der Waals surface area contributed by atoms with Crippen LogP contribution in [0, 0.1) is 11.3 Å². The van der Waals surface area contributed by atoms with E-state index >= 15 is 0 Å². The van der Waals surface area contributed by atoms with Gasteiger partial charge in [-0.2, -0.15) is 5.26 Å². The van der Waals surface area contributed by atoms with E-state index in [2.05, 4.69) is 27.8 Å². The molecule has 0 saturated heterocycles. The number of ether oxygens (including phenoxy) is 3. The van der Waals surface area contributed by atoms with Crippen molar-refractivity contribution in [1.82, 2.24) is 0 Å². The average Bonchev–Trinajstić information content (AvgIpc) is 2.87. The number of anilines is 1. The Morgan fingerprint density at radius 3 is 2.47 bits per heavy atom. The molecule has 0 aliphatic carbocycles. The van der Waals surface area contributed by atoms with Crippen LogP contribution in [0.1, 0.15) is 18.1 Å². The zero-order chi connectivity index (χ0) is 25.9. The summed E-state index contributed by atoms with van der Waals surface area (Å²) in [5.41, 5.74) is 1.99. The van der Waals surface area contributed by atoms with Gasteiger partial charge in [-0.05, 0) is 72.7 Å². The van der Waals surface area contributed by atoms with Crippen LogP contribution in [-0.2, 0) is 11.4 Å². The lowest BCUT2D eigenvalue weighted by Gasteiger charge is -2.13. The van der Waals surface area contributed by atoms with Crippen LogP contribution in [0.25, 0.3) is 6.08 Å². The van der Waals surface area contributed by atoms with Gasteiger partial charge in [0, 0.05) is 10.2 Å². The Labute approximate surface area is 223 Å². The molecule has 0 aromatic heterocycles. The summed E-state index contributed by atoms with van der Waals surface area (Å²) in [5.74, 6) is 0.890. The SMILES string of the molecule is C=CCOc1c(Cl)cc(/C=C(\C#N)C(=O)Nc2ccc(OCc3ccc(Br)cc3)cc2)cc1OCC. The summed E-state index contributed by atoms with van der Waals surface area (Å²) in [6.07, 6.45) is 3.04. The normalized spacial score (nSPS) is 10.8. The minimum absolute atomic E-state index is 0.0937. The van der Waals surface area contributed by atoms with Crippen molar-refractivity contribution < 1.29 is 19.0 Å². The van der Waals surface area contributed by atoms with Crippen molar-refractivity contribution in [3.05, 3.63) is 99.5 Å². The molecule has 0 aliphatic rings. The maximum absolute atomic E-state index is 12.7. The number of nitriles is 1. The van der Waals surface area contributed by atoms with E-state index in [0.717, 1.165) is 10.0 Å². The number of halogens is 2. The number of nitrogens with one attached hydrogen (secondary N) is 1. The van der Waals surface area contributed by atoms with E-state index in [1.54, 1.807) is 42.5 Å². The van der Waals surface area contributed by atoms with Crippen LogP contribution >= 0.6 is 27.5 Å². The van der Waals surface area contributed by atoms with Crippen molar-refractivity contribution in [3.8, 4) is 23.3 Å². The number of carbonyl (C=O) groups is 1. The minimum Gasteiger partial charge on any atom is -0.490 e. The fraction of sp³-hybridized carbons (Fsp3) is 0.143. The number of nitrogens with zero attached hydrogens (tertiary/aromatic N) is 1. The molecule has 8 heteroatoms. The lowest BCUT2D eigenvalue weighted by molar-refractivity contribution is -0.112. The predicted molar refractivity (Wildman–Crippen MR) is 145 cm³/mol. The lowest BCUT2D eigenvalue weighted by Crippen LogP contribution is -2.13. The molecule has 0 atom stereocenters. The summed E-state index contributed by atoms with van der Waals surface area (Å²) >= 11 is 9.77. The van der Waals surface area contributed by atoms with Gasteiger partial charge < -0.3 is 19.5 Å². The van der Waals surface area contributed by atoms with Crippen LogP contribution in [0.5, 0.6) is 17.2 Å². The second-order valence-electron chi connectivity index (χ2n) is 7.43. The lowest BCUT2D eigenvalue weighted by atomic mass is 10.1. The standard InChI is InChI=1S/C28H24BrClN2O4/c1-3-13-35-27-25(30)15-20(16-26(27)34-4-2)14-21(17-31)28(33)32-23-9-11-24(12-10-23)36-18-19-5-7-22(29)8-6-19/h3,5-12,14-16H,1,4,13,18H2,2H3,(H,32,33)/b21-14+. The summed E-state index contributed by atoms with van der Waals surface area (Å²) in [5, 5.41) is 12.6. The Hall–Kier alpha value is -3.73.